The smallest absolute Gasteiger partial charge is 0.331 e. The third-order valence-corrected chi connectivity index (χ3v) is 4.67. The summed E-state index contributed by atoms with van der Waals surface area (Å²) in [6, 6.07) is 6.52. The Hall–Kier alpha value is -2.34. The normalized spacial score (nSPS) is 19.8. The number of imide groups is 1. The van der Waals surface area contributed by atoms with E-state index >= 15 is 0 Å². The molecule has 0 unspecified atom stereocenters. The van der Waals surface area contributed by atoms with E-state index in [-0.39, 0.29) is 6.04 Å². The fraction of sp³-hybridized carbons (Fsp3) is 0.421. The second-order valence-corrected chi connectivity index (χ2v) is 6.76. The first-order valence-corrected chi connectivity index (χ1v) is 9.03. The first-order valence-electron chi connectivity index (χ1n) is 8.65. The van der Waals surface area contributed by atoms with Crippen LogP contribution in [-0.4, -0.2) is 30.6 Å². The summed E-state index contributed by atoms with van der Waals surface area (Å²) < 4.78 is 4.82. The van der Waals surface area contributed by atoms with E-state index < -0.39 is 24.5 Å². The summed E-state index contributed by atoms with van der Waals surface area (Å²) in [5.41, 5.74) is 0.663. The van der Waals surface area contributed by atoms with Crippen LogP contribution in [0.25, 0.3) is 6.08 Å². The van der Waals surface area contributed by atoms with Gasteiger partial charge in [-0.25, -0.2) is 9.59 Å². The number of amides is 3. The number of carbonyl (C=O) groups excluding carboxylic acids is 3. The van der Waals surface area contributed by atoms with E-state index in [1.165, 1.54) is 12.2 Å². The van der Waals surface area contributed by atoms with E-state index in [9.17, 15) is 14.4 Å². The van der Waals surface area contributed by atoms with E-state index in [4.69, 9.17) is 16.3 Å². The molecule has 6 nitrogen and oxygen atoms in total. The van der Waals surface area contributed by atoms with Crippen LogP contribution < -0.4 is 10.6 Å². The summed E-state index contributed by atoms with van der Waals surface area (Å²) in [6.07, 6.45) is 6.88. The quantitative estimate of drug-likeness (QED) is 0.608. The SMILES string of the molecule is C[C@@H]1CCCC[C@H]1NC(=O)NC(=O)COC(=O)/C=C/c1ccccc1Cl. The van der Waals surface area contributed by atoms with Gasteiger partial charge in [0.15, 0.2) is 6.61 Å². The highest BCUT2D eigenvalue weighted by molar-refractivity contribution is 6.32. The number of benzene rings is 1. The largest absolute Gasteiger partial charge is 0.452 e. The Morgan fingerprint density at radius 2 is 1.96 bits per heavy atom. The van der Waals surface area contributed by atoms with Gasteiger partial charge in [0.05, 0.1) is 0 Å². The van der Waals surface area contributed by atoms with E-state index in [1.54, 1.807) is 24.3 Å². The molecule has 7 heteroatoms. The maximum Gasteiger partial charge on any atom is 0.331 e. The Kier molecular flexibility index (Phi) is 7.66. The number of esters is 1. The zero-order chi connectivity index (χ0) is 18.9. The predicted molar refractivity (Wildman–Crippen MR) is 99.5 cm³/mol. The van der Waals surface area contributed by atoms with Gasteiger partial charge in [0.25, 0.3) is 5.91 Å². The highest BCUT2D eigenvalue weighted by Gasteiger charge is 2.23. The van der Waals surface area contributed by atoms with Crippen LogP contribution in [0.1, 0.15) is 38.2 Å². The van der Waals surface area contributed by atoms with Gasteiger partial charge in [-0.2, -0.15) is 0 Å². The molecule has 0 aromatic heterocycles. The fourth-order valence-corrected chi connectivity index (χ4v) is 3.05. The minimum Gasteiger partial charge on any atom is -0.452 e. The molecule has 0 spiro atoms. The lowest BCUT2D eigenvalue weighted by Gasteiger charge is -2.29. The van der Waals surface area contributed by atoms with Gasteiger partial charge < -0.3 is 10.1 Å². The number of rotatable bonds is 5. The van der Waals surface area contributed by atoms with E-state index in [0.717, 1.165) is 25.7 Å². The van der Waals surface area contributed by atoms with Crippen LogP contribution in [-0.2, 0) is 14.3 Å². The Morgan fingerprint density at radius 3 is 2.69 bits per heavy atom. The van der Waals surface area contributed by atoms with Crippen molar-refractivity contribution in [3.63, 3.8) is 0 Å². The van der Waals surface area contributed by atoms with E-state index in [2.05, 4.69) is 17.6 Å². The molecule has 0 aliphatic heterocycles. The predicted octanol–water partition coefficient (Wildman–Crippen LogP) is 3.30. The minimum absolute atomic E-state index is 0.0673. The lowest BCUT2D eigenvalue weighted by atomic mass is 9.86. The molecule has 0 saturated heterocycles. The molecule has 2 N–H and O–H groups in total. The number of hydrogen-bond acceptors (Lipinski definition) is 4. The molecule has 1 aliphatic rings. The van der Waals surface area contributed by atoms with Crippen LogP contribution in [0.5, 0.6) is 0 Å². The number of ether oxygens (including phenoxy) is 1. The standard InChI is InChI=1S/C19H23ClN2O4/c1-13-6-2-5-9-16(13)21-19(25)22-17(23)12-26-18(24)11-10-14-7-3-4-8-15(14)20/h3-4,7-8,10-11,13,16H,2,5-6,9,12H2,1H3,(H2,21,22,23,25)/b11-10+/t13-,16-/m1/s1. The molecule has 0 bridgehead atoms. The molecule has 0 heterocycles. The van der Waals surface area contributed by atoms with Crippen LogP contribution in [0.2, 0.25) is 5.02 Å². The molecular formula is C19H23ClN2O4. The summed E-state index contributed by atoms with van der Waals surface area (Å²) in [6.45, 7) is 1.55. The van der Waals surface area contributed by atoms with Gasteiger partial charge in [0.1, 0.15) is 0 Å². The molecule has 0 radical (unpaired) electrons. The molecule has 1 saturated carbocycles. The van der Waals surface area contributed by atoms with Gasteiger partial charge in [0.2, 0.25) is 0 Å². The number of hydrogen-bond donors (Lipinski definition) is 2. The van der Waals surface area contributed by atoms with Gasteiger partial charge in [-0.3, -0.25) is 10.1 Å². The van der Waals surface area contributed by atoms with Crippen LogP contribution in [0.3, 0.4) is 0 Å². The third kappa shape index (κ3) is 6.52. The number of nitrogens with one attached hydrogen (secondary N) is 2. The molecule has 1 aromatic carbocycles. The van der Waals surface area contributed by atoms with Crippen molar-refractivity contribution in [2.75, 3.05) is 6.61 Å². The van der Waals surface area contributed by atoms with Crippen molar-refractivity contribution in [3.8, 4) is 0 Å². The van der Waals surface area contributed by atoms with Crippen LogP contribution in [0.15, 0.2) is 30.3 Å². The van der Waals surface area contributed by atoms with Gasteiger partial charge in [-0.05, 0) is 36.5 Å². The summed E-state index contributed by atoms with van der Waals surface area (Å²) in [7, 11) is 0. The van der Waals surface area contributed by atoms with Crippen molar-refractivity contribution in [1.29, 1.82) is 0 Å². The summed E-state index contributed by atoms with van der Waals surface area (Å²) in [5.74, 6) is -0.982. The first kappa shape index (κ1) is 20.0. The molecule has 1 aromatic rings. The maximum atomic E-state index is 11.8. The van der Waals surface area contributed by atoms with Crippen LogP contribution in [0.4, 0.5) is 4.79 Å². The van der Waals surface area contributed by atoms with Gasteiger partial charge in [-0.15, -0.1) is 0 Å². The third-order valence-electron chi connectivity index (χ3n) is 4.33. The fourth-order valence-electron chi connectivity index (χ4n) is 2.85. The van der Waals surface area contributed by atoms with Crippen molar-refractivity contribution in [3.05, 3.63) is 40.9 Å². The highest BCUT2D eigenvalue weighted by Crippen LogP contribution is 2.23. The Morgan fingerprint density at radius 1 is 1.23 bits per heavy atom. The topological polar surface area (TPSA) is 84.5 Å². The molecule has 2 rings (SSSR count). The molecule has 2 atom stereocenters. The molecule has 3 amide bonds. The molecular weight excluding hydrogens is 356 g/mol. The molecule has 1 fully saturated rings. The molecule has 1 aliphatic carbocycles. The summed E-state index contributed by atoms with van der Waals surface area (Å²) in [4.78, 5) is 35.2. The number of carbonyl (C=O) groups is 3. The van der Waals surface area contributed by atoms with Crippen LogP contribution >= 0.6 is 11.6 Å². The van der Waals surface area contributed by atoms with Gasteiger partial charge in [0, 0.05) is 17.1 Å². The maximum absolute atomic E-state index is 11.8. The monoisotopic (exact) mass is 378 g/mol. The number of urea groups is 1. The van der Waals surface area contributed by atoms with Gasteiger partial charge in [-0.1, -0.05) is 49.6 Å². The zero-order valence-electron chi connectivity index (χ0n) is 14.7. The van der Waals surface area contributed by atoms with Crippen molar-refractivity contribution in [2.24, 2.45) is 5.92 Å². The van der Waals surface area contributed by atoms with Crippen molar-refractivity contribution >= 4 is 35.6 Å². The summed E-state index contributed by atoms with van der Waals surface area (Å²) >= 11 is 5.97. The lowest BCUT2D eigenvalue weighted by Crippen LogP contribution is -2.48. The average Bonchev–Trinajstić information content (AvgIpc) is 2.61. The Bertz CT molecular complexity index is 690. The Labute approximate surface area is 157 Å². The minimum atomic E-state index is -0.693. The van der Waals surface area contributed by atoms with Gasteiger partial charge >= 0.3 is 12.0 Å². The van der Waals surface area contributed by atoms with E-state index in [0.29, 0.717) is 16.5 Å². The second-order valence-electron chi connectivity index (χ2n) is 6.35. The highest BCUT2D eigenvalue weighted by atomic mass is 35.5. The van der Waals surface area contributed by atoms with Crippen molar-refractivity contribution in [2.45, 2.75) is 38.6 Å². The Balaban J connectivity index is 1.71. The second kappa shape index (κ2) is 9.97. The first-order chi connectivity index (χ1) is 12.5. The van der Waals surface area contributed by atoms with Crippen LogP contribution in [0, 0.1) is 5.92 Å². The zero-order valence-corrected chi connectivity index (χ0v) is 15.4. The van der Waals surface area contributed by atoms with Crippen molar-refractivity contribution in [1.82, 2.24) is 10.6 Å². The molecule has 140 valence electrons. The lowest BCUT2D eigenvalue weighted by molar-refractivity contribution is -0.143. The van der Waals surface area contributed by atoms with E-state index in [1.807, 2.05) is 0 Å². The van der Waals surface area contributed by atoms with Crippen molar-refractivity contribution < 1.29 is 19.1 Å². The average molecular weight is 379 g/mol. The number of halogens is 1. The molecule has 26 heavy (non-hydrogen) atoms. The summed E-state index contributed by atoms with van der Waals surface area (Å²) in [5, 5.41) is 5.48.